The summed E-state index contributed by atoms with van der Waals surface area (Å²) >= 11 is 0. The minimum Gasteiger partial charge on any atom is -0.496 e. The smallest absolute Gasteiger partial charge is 0.305 e. The summed E-state index contributed by atoms with van der Waals surface area (Å²) in [6.07, 6.45) is 2.49. The van der Waals surface area contributed by atoms with Gasteiger partial charge >= 0.3 is 5.97 Å². The van der Waals surface area contributed by atoms with Crippen molar-refractivity contribution in [3.63, 3.8) is 0 Å². The lowest BCUT2D eigenvalue weighted by molar-refractivity contribution is -0.141. The normalized spacial score (nSPS) is 21.7. The maximum absolute atomic E-state index is 11.5. The zero-order valence-corrected chi connectivity index (χ0v) is 15.3. The molecular weight excluding hydrogens is 304 g/mol. The molecule has 0 bridgehead atoms. The molecule has 0 N–H and O–H groups in total. The van der Waals surface area contributed by atoms with Crippen LogP contribution in [0.2, 0.25) is 0 Å². The number of carbonyl (C=O) groups is 1. The Bertz CT molecular complexity index is 533. The molecular formula is C19H30N2O3. The Hall–Kier alpha value is -1.59. The fraction of sp³-hybridized carbons (Fsp3) is 0.632. The zero-order chi connectivity index (χ0) is 17.5. The predicted molar refractivity (Wildman–Crippen MR) is 95.1 cm³/mol. The largest absolute Gasteiger partial charge is 0.496 e. The van der Waals surface area contributed by atoms with E-state index in [2.05, 4.69) is 36.0 Å². The summed E-state index contributed by atoms with van der Waals surface area (Å²) in [5.41, 5.74) is 1.22. The highest BCUT2D eigenvalue weighted by molar-refractivity contribution is 5.69. The van der Waals surface area contributed by atoms with Crippen molar-refractivity contribution in [3.05, 3.63) is 29.8 Å². The van der Waals surface area contributed by atoms with Crippen LogP contribution in [0.25, 0.3) is 0 Å². The summed E-state index contributed by atoms with van der Waals surface area (Å²) in [6.45, 7) is 2.95. The van der Waals surface area contributed by atoms with E-state index in [4.69, 9.17) is 9.47 Å². The Kier molecular flexibility index (Phi) is 7.06. The van der Waals surface area contributed by atoms with Crippen molar-refractivity contribution in [1.82, 2.24) is 9.80 Å². The van der Waals surface area contributed by atoms with Crippen molar-refractivity contribution >= 4 is 5.97 Å². The fourth-order valence-corrected chi connectivity index (χ4v) is 3.68. The number of benzene rings is 1. The number of carbonyl (C=O) groups excluding carboxylic acids is 1. The number of rotatable bonds is 7. The second-order valence-corrected chi connectivity index (χ2v) is 6.74. The molecule has 134 valence electrons. The molecule has 0 unspecified atom stereocenters. The Labute approximate surface area is 145 Å². The van der Waals surface area contributed by atoms with E-state index in [1.54, 1.807) is 7.11 Å². The monoisotopic (exact) mass is 334 g/mol. The molecule has 5 heteroatoms. The molecule has 1 aliphatic rings. The van der Waals surface area contributed by atoms with Crippen LogP contribution in [0, 0.1) is 5.92 Å². The number of piperidine rings is 1. The number of hydrogen-bond donors (Lipinski definition) is 0. The number of methoxy groups -OCH3 is 2. The van der Waals surface area contributed by atoms with E-state index in [0.717, 1.165) is 38.2 Å². The molecule has 0 amide bonds. The van der Waals surface area contributed by atoms with E-state index in [-0.39, 0.29) is 5.97 Å². The maximum atomic E-state index is 11.5. The highest BCUT2D eigenvalue weighted by Gasteiger charge is 2.31. The number of likely N-dealkylation sites (tertiary alicyclic amines) is 1. The zero-order valence-electron chi connectivity index (χ0n) is 15.3. The highest BCUT2D eigenvalue weighted by atomic mass is 16.5. The van der Waals surface area contributed by atoms with Gasteiger partial charge in [0.15, 0.2) is 0 Å². The molecule has 0 spiro atoms. The van der Waals surface area contributed by atoms with Gasteiger partial charge < -0.3 is 14.4 Å². The van der Waals surface area contributed by atoms with Gasteiger partial charge in [-0.1, -0.05) is 18.2 Å². The van der Waals surface area contributed by atoms with Crippen molar-refractivity contribution < 1.29 is 14.3 Å². The van der Waals surface area contributed by atoms with Gasteiger partial charge in [-0.15, -0.1) is 0 Å². The van der Waals surface area contributed by atoms with Crippen LogP contribution in [-0.4, -0.2) is 63.2 Å². The van der Waals surface area contributed by atoms with Crippen LogP contribution in [0.5, 0.6) is 5.75 Å². The van der Waals surface area contributed by atoms with Gasteiger partial charge in [-0.05, 0) is 45.5 Å². The Balaban J connectivity index is 2.01. The van der Waals surface area contributed by atoms with Crippen molar-refractivity contribution in [1.29, 1.82) is 0 Å². The van der Waals surface area contributed by atoms with Gasteiger partial charge in [0.2, 0.25) is 0 Å². The first-order valence-corrected chi connectivity index (χ1v) is 8.62. The minimum atomic E-state index is -0.116. The average molecular weight is 334 g/mol. The molecule has 0 saturated carbocycles. The van der Waals surface area contributed by atoms with Gasteiger partial charge in [0.05, 0.1) is 14.2 Å². The first-order chi connectivity index (χ1) is 11.5. The topological polar surface area (TPSA) is 42.0 Å². The van der Waals surface area contributed by atoms with E-state index >= 15 is 0 Å². The quantitative estimate of drug-likeness (QED) is 0.716. The lowest BCUT2D eigenvalue weighted by atomic mass is 9.87. The van der Waals surface area contributed by atoms with Gasteiger partial charge in [0.1, 0.15) is 5.75 Å². The molecule has 1 aromatic rings. The molecule has 2 rings (SSSR count). The molecule has 0 aliphatic carbocycles. The maximum Gasteiger partial charge on any atom is 0.305 e. The number of hydrogen-bond acceptors (Lipinski definition) is 5. The van der Waals surface area contributed by atoms with Crippen LogP contribution in [0.3, 0.4) is 0 Å². The van der Waals surface area contributed by atoms with Crippen LogP contribution in [-0.2, 0) is 16.1 Å². The summed E-state index contributed by atoms with van der Waals surface area (Å²) in [7, 11) is 7.44. The summed E-state index contributed by atoms with van der Waals surface area (Å²) in [5, 5.41) is 0. The number of ether oxygens (including phenoxy) is 2. The van der Waals surface area contributed by atoms with Crippen LogP contribution in [0.1, 0.15) is 24.8 Å². The van der Waals surface area contributed by atoms with E-state index in [0.29, 0.717) is 18.4 Å². The molecule has 0 radical (unpaired) electrons. The summed E-state index contributed by atoms with van der Waals surface area (Å²) in [6, 6.07) is 8.71. The van der Waals surface area contributed by atoms with Gasteiger partial charge in [0, 0.05) is 31.1 Å². The van der Waals surface area contributed by atoms with E-state index in [1.165, 1.54) is 12.7 Å². The molecule has 24 heavy (non-hydrogen) atoms. The second-order valence-electron chi connectivity index (χ2n) is 6.74. The van der Waals surface area contributed by atoms with Gasteiger partial charge in [-0.3, -0.25) is 9.69 Å². The molecule has 1 fully saturated rings. The molecule has 2 atom stereocenters. The summed E-state index contributed by atoms with van der Waals surface area (Å²) in [4.78, 5) is 16.3. The third kappa shape index (κ3) is 4.95. The van der Waals surface area contributed by atoms with Crippen molar-refractivity contribution in [2.45, 2.75) is 31.8 Å². The molecule has 1 aliphatic heterocycles. The van der Waals surface area contributed by atoms with Gasteiger partial charge in [-0.2, -0.15) is 0 Å². The Morgan fingerprint density at radius 2 is 2.04 bits per heavy atom. The van der Waals surface area contributed by atoms with Gasteiger partial charge in [0.25, 0.3) is 0 Å². The second kappa shape index (κ2) is 9.04. The fourth-order valence-electron chi connectivity index (χ4n) is 3.68. The summed E-state index contributed by atoms with van der Waals surface area (Å²) in [5.74, 6) is 1.30. The molecule has 1 heterocycles. The van der Waals surface area contributed by atoms with Crippen LogP contribution < -0.4 is 4.74 Å². The van der Waals surface area contributed by atoms with Gasteiger partial charge in [-0.25, -0.2) is 0 Å². The van der Waals surface area contributed by atoms with E-state index in [1.807, 2.05) is 12.1 Å². The Morgan fingerprint density at radius 1 is 1.29 bits per heavy atom. The average Bonchev–Trinajstić information content (AvgIpc) is 2.60. The molecule has 1 saturated heterocycles. The minimum absolute atomic E-state index is 0.116. The molecule has 0 aromatic heterocycles. The lowest BCUT2D eigenvalue weighted by Crippen LogP contribution is -2.48. The van der Waals surface area contributed by atoms with E-state index < -0.39 is 0 Å². The molecule has 5 nitrogen and oxygen atoms in total. The molecule has 1 aromatic carbocycles. The van der Waals surface area contributed by atoms with Crippen LogP contribution >= 0.6 is 0 Å². The number of esters is 1. The SMILES string of the molecule is COC(=O)CC[C@H]1CN(Cc2ccccc2OC)CC[C@H]1N(C)C. The van der Waals surface area contributed by atoms with E-state index in [9.17, 15) is 4.79 Å². The first-order valence-electron chi connectivity index (χ1n) is 8.62. The van der Waals surface area contributed by atoms with Crippen LogP contribution in [0.15, 0.2) is 24.3 Å². The number of nitrogens with zero attached hydrogens (tertiary/aromatic N) is 2. The predicted octanol–water partition coefficient (Wildman–Crippen LogP) is 2.40. The van der Waals surface area contributed by atoms with Crippen molar-refractivity contribution in [3.8, 4) is 5.75 Å². The highest BCUT2D eigenvalue weighted by Crippen LogP contribution is 2.28. The van der Waals surface area contributed by atoms with Crippen LogP contribution in [0.4, 0.5) is 0 Å². The first kappa shape index (κ1) is 18.7. The lowest BCUT2D eigenvalue weighted by Gasteiger charge is -2.41. The Morgan fingerprint density at radius 3 is 2.71 bits per heavy atom. The van der Waals surface area contributed by atoms with Crippen molar-refractivity contribution in [2.24, 2.45) is 5.92 Å². The standard InChI is InChI=1S/C19H30N2O3/c1-20(2)17-11-12-21(13-15(17)9-10-19(22)24-4)14-16-7-5-6-8-18(16)23-3/h5-8,15,17H,9-14H2,1-4H3/t15-,17+/m0/s1. The third-order valence-corrected chi connectivity index (χ3v) is 4.97. The summed E-state index contributed by atoms with van der Waals surface area (Å²) < 4.78 is 10.3. The van der Waals surface area contributed by atoms with Crippen molar-refractivity contribution in [2.75, 3.05) is 41.4 Å². The number of para-hydroxylation sites is 1. The third-order valence-electron chi connectivity index (χ3n) is 4.97.